The smallest absolute Gasteiger partial charge is 0.360 e. The number of aliphatic carboxylic acids is 1. The number of carbonyl (C=O) groups is 2. The molecule has 1 aromatic rings. The summed E-state index contributed by atoms with van der Waals surface area (Å²) in [5, 5.41) is 12.2. The van der Waals surface area contributed by atoms with E-state index in [1.807, 2.05) is 0 Å². The van der Waals surface area contributed by atoms with E-state index in [9.17, 15) is 14.7 Å². The molecule has 0 aliphatic heterocycles. The molecule has 1 rings (SSSR count). The molecule has 0 bridgehead atoms. The second kappa shape index (κ2) is 5.65. The molecular weight excluding hydrogens is 273 g/mol. The molecule has 17 heavy (non-hydrogen) atoms. The number of nitrogens with one attached hydrogen (secondary N) is 1. The lowest BCUT2D eigenvalue weighted by Crippen LogP contribution is -2.31. The molecule has 0 radical (unpaired) electrons. The number of rotatable bonds is 4. The molecule has 0 atom stereocenters. The van der Waals surface area contributed by atoms with E-state index in [0.717, 1.165) is 7.11 Å². The fourth-order valence-corrected chi connectivity index (χ4v) is 1.17. The van der Waals surface area contributed by atoms with Crippen LogP contribution in [0.25, 0.3) is 0 Å². The van der Waals surface area contributed by atoms with Crippen molar-refractivity contribution >= 4 is 41.0 Å². The molecule has 0 unspecified atom stereocenters. The molecule has 92 valence electrons. The van der Waals surface area contributed by atoms with Crippen molar-refractivity contribution in [2.75, 3.05) is 19.0 Å². The van der Waals surface area contributed by atoms with Gasteiger partial charge in [-0.2, -0.15) is 0 Å². The molecule has 0 aromatic carbocycles. The highest BCUT2D eigenvalue weighted by Gasteiger charge is 2.18. The first-order valence-electron chi connectivity index (χ1n) is 4.20. The zero-order valence-corrected chi connectivity index (χ0v) is 10.0. The van der Waals surface area contributed by atoms with Gasteiger partial charge in [0.05, 0.1) is 19.6 Å². The maximum atomic E-state index is 11.3. The van der Waals surface area contributed by atoms with Gasteiger partial charge in [-0.1, -0.05) is 23.2 Å². The summed E-state index contributed by atoms with van der Waals surface area (Å²) in [4.78, 5) is 28.9. The monoisotopic (exact) mass is 278 g/mol. The molecule has 0 fully saturated rings. The van der Waals surface area contributed by atoms with Crippen molar-refractivity contribution in [3.8, 4) is 0 Å². The average Bonchev–Trinajstić information content (AvgIpc) is 2.29. The molecule has 0 aliphatic rings. The topological polar surface area (TPSA) is 104 Å². The van der Waals surface area contributed by atoms with E-state index in [4.69, 9.17) is 23.2 Å². The van der Waals surface area contributed by atoms with Crippen molar-refractivity contribution in [1.29, 1.82) is 0 Å². The quantitative estimate of drug-likeness (QED) is 0.756. The van der Waals surface area contributed by atoms with Gasteiger partial charge in [-0.3, -0.25) is 0 Å². The predicted octanol–water partition coefficient (Wildman–Crippen LogP) is -0.268. The van der Waals surface area contributed by atoms with Crippen LogP contribution in [0.5, 0.6) is 0 Å². The first kappa shape index (κ1) is 13.5. The second-order valence-corrected chi connectivity index (χ2v) is 3.44. The zero-order valence-electron chi connectivity index (χ0n) is 8.49. The van der Waals surface area contributed by atoms with Gasteiger partial charge in [0.25, 0.3) is 0 Å². The maximum absolute atomic E-state index is 11.3. The summed E-state index contributed by atoms with van der Waals surface area (Å²) in [5.74, 6) is -2.35. The van der Waals surface area contributed by atoms with Crippen LogP contribution in [0.4, 0.5) is 5.82 Å². The minimum absolute atomic E-state index is 0.143. The van der Waals surface area contributed by atoms with E-state index in [-0.39, 0.29) is 21.8 Å². The first-order chi connectivity index (χ1) is 7.95. The number of methoxy groups -OCH3 is 1. The fourth-order valence-electron chi connectivity index (χ4n) is 0.913. The highest BCUT2D eigenvalue weighted by Crippen LogP contribution is 2.22. The Morgan fingerprint density at radius 1 is 1.35 bits per heavy atom. The summed E-state index contributed by atoms with van der Waals surface area (Å²) < 4.78 is 4.43. The number of nitrogens with zero attached hydrogens (tertiary/aromatic N) is 2. The van der Waals surface area contributed by atoms with Gasteiger partial charge in [-0.05, 0) is 0 Å². The summed E-state index contributed by atoms with van der Waals surface area (Å²) in [7, 11) is 1.13. The number of ether oxygens (including phenoxy) is 1. The molecule has 1 aromatic heterocycles. The minimum Gasteiger partial charge on any atom is -0.548 e. The average molecular weight is 279 g/mol. The van der Waals surface area contributed by atoms with E-state index in [2.05, 4.69) is 20.0 Å². The SMILES string of the molecule is COC(=O)c1nc(Cl)c(Cl)nc1NCC(=O)[O-]. The summed E-state index contributed by atoms with van der Waals surface area (Å²) in [6.07, 6.45) is 0. The van der Waals surface area contributed by atoms with Crippen LogP contribution in [0.2, 0.25) is 10.3 Å². The van der Waals surface area contributed by atoms with Crippen LogP contribution in [0.1, 0.15) is 10.5 Å². The van der Waals surface area contributed by atoms with Crippen molar-refractivity contribution in [2.45, 2.75) is 0 Å². The first-order valence-corrected chi connectivity index (χ1v) is 4.96. The van der Waals surface area contributed by atoms with Crippen LogP contribution >= 0.6 is 23.2 Å². The number of carboxylic acid groups (broad SMARTS) is 1. The number of aromatic nitrogens is 2. The van der Waals surface area contributed by atoms with E-state index < -0.39 is 18.5 Å². The van der Waals surface area contributed by atoms with Crippen molar-refractivity contribution in [3.63, 3.8) is 0 Å². The van der Waals surface area contributed by atoms with Crippen molar-refractivity contribution in [3.05, 3.63) is 16.0 Å². The number of carboxylic acids is 1. The summed E-state index contributed by atoms with van der Waals surface area (Å²) in [6, 6.07) is 0. The lowest BCUT2D eigenvalue weighted by Gasteiger charge is -2.10. The highest BCUT2D eigenvalue weighted by molar-refractivity contribution is 6.40. The van der Waals surface area contributed by atoms with E-state index >= 15 is 0 Å². The van der Waals surface area contributed by atoms with Crippen molar-refractivity contribution < 1.29 is 19.4 Å². The lowest BCUT2D eigenvalue weighted by molar-refractivity contribution is -0.302. The normalized spacial score (nSPS) is 9.82. The Balaban J connectivity index is 3.11. The van der Waals surface area contributed by atoms with Gasteiger partial charge in [0.2, 0.25) is 0 Å². The summed E-state index contributed by atoms with van der Waals surface area (Å²) in [5.41, 5.74) is -0.261. The van der Waals surface area contributed by atoms with Crippen molar-refractivity contribution in [2.24, 2.45) is 0 Å². The van der Waals surface area contributed by atoms with Gasteiger partial charge in [-0.15, -0.1) is 0 Å². The molecule has 0 saturated heterocycles. The molecule has 0 spiro atoms. The Morgan fingerprint density at radius 3 is 2.47 bits per heavy atom. The molecule has 0 aliphatic carbocycles. The number of hydrogen-bond acceptors (Lipinski definition) is 7. The number of halogens is 2. The highest BCUT2D eigenvalue weighted by atomic mass is 35.5. The van der Waals surface area contributed by atoms with Crippen LogP contribution < -0.4 is 10.4 Å². The largest absolute Gasteiger partial charge is 0.548 e. The van der Waals surface area contributed by atoms with Gasteiger partial charge in [-0.25, -0.2) is 14.8 Å². The standard InChI is InChI=1S/C8H7Cl2N3O4/c1-17-8(16)4-7(11-2-3(14)15)13-6(10)5(9)12-4/h2H2,1H3,(H,11,13)(H,14,15)/p-1. The van der Waals surface area contributed by atoms with E-state index in [1.165, 1.54) is 0 Å². The summed E-state index contributed by atoms with van der Waals surface area (Å²) >= 11 is 11.2. The van der Waals surface area contributed by atoms with Crippen LogP contribution in [0, 0.1) is 0 Å². The molecule has 7 nitrogen and oxygen atoms in total. The Morgan fingerprint density at radius 2 is 1.94 bits per heavy atom. The Kier molecular flexibility index (Phi) is 4.47. The van der Waals surface area contributed by atoms with Gasteiger partial charge >= 0.3 is 5.97 Å². The fraction of sp³-hybridized carbons (Fsp3) is 0.250. The molecule has 0 saturated carbocycles. The molecule has 9 heteroatoms. The summed E-state index contributed by atoms with van der Waals surface area (Å²) in [6.45, 7) is -0.559. The van der Waals surface area contributed by atoms with Crippen LogP contribution in [-0.4, -0.2) is 35.6 Å². The van der Waals surface area contributed by atoms with Crippen LogP contribution in [0.15, 0.2) is 0 Å². The number of esters is 1. The van der Waals surface area contributed by atoms with E-state index in [0.29, 0.717) is 0 Å². The number of carbonyl (C=O) groups excluding carboxylic acids is 2. The van der Waals surface area contributed by atoms with Gasteiger partial charge in [0.15, 0.2) is 21.8 Å². The van der Waals surface area contributed by atoms with Gasteiger partial charge in [0.1, 0.15) is 0 Å². The second-order valence-electron chi connectivity index (χ2n) is 2.72. The third kappa shape index (κ3) is 3.43. The van der Waals surface area contributed by atoms with Crippen LogP contribution in [0.3, 0.4) is 0 Å². The zero-order chi connectivity index (χ0) is 13.0. The van der Waals surface area contributed by atoms with Crippen LogP contribution in [-0.2, 0) is 9.53 Å². The van der Waals surface area contributed by atoms with Gasteiger partial charge in [0, 0.05) is 0 Å². The van der Waals surface area contributed by atoms with Crippen molar-refractivity contribution in [1.82, 2.24) is 9.97 Å². The molecular formula is C8H6Cl2N3O4-. The Hall–Kier alpha value is -1.60. The number of anilines is 1. The predicted molar refractivity (Wildman–Crippen MR) is 56.9 cm³/mol. The third-order valence-corrected chi connectivity index (χ3v) is 2.22. The maximum Gasteiger partial charge on any atom is 0.360 e. The van der Waals surface area contributed by atoms with Gasteiger partial charge < -0.3 is 20.0 Å². The molecule has 1 heterocycles. The molecule has 0 amide bonds. The number of hydrogen-bond donors (Lipinski definition) is 1. The minimum atomic E-state index is -1.38. The van der Waals surface area contributed by atoms with E-state index in [1.54, 1.807) is 0 Å². The Bertz CT molecular complexity index is 466. The molecule has 1 N–H and O–H groups in total. The lowest BCUT2D eigenvalue weighted by atomic mass is 10.4. The third-order valence-electron chi connectivity index (χ3n) is 1.59. The Labute approximate surface area is 106 Å².